The number of likely N-dealkylation sites (tertiary alicyclic amines) is 1. The lowest BCUT2D eigenvalue weighted by Gasteiger charge is -2.35. The Kier molecular flexibility index (Phi) is 5.89. The van der Waals surface area contributed by atoms with Gasteiger partial charge in [-0.15, -0.1) is 11.3 Å². The third kappa shape index (κ3) is 4.31. The molecule has 1 aromatic heterocycles. The average Bonchev–Trinajstić information content (AvgIpc) is 3.41. The SMILES string of the molecule is O=C(Cc1ccc(S(=O)(=O)N2CCN(c3ccccc3F)CC2)s1)N1CCCC1. The molecule has 0 saturated carbocycles. The largest absolute Gasteiger partial charge is 0.367 e. The van der Waals surface area contributed by atoms with E-state index in [1.165, 1.54) is 21.7 Å². The van der Waals surface area contributed by atoms with Gasteiger partial charge in [0.2, 0.25) is 5.91 Å². The van der Waals surface area contributed by atoms with Crippen molar-refractivity contribution in [2.45, 2.75) is 23.5 Å². The summed E-state index contributed by atoms with van der Waals surface area (Å²) in [5, 5.41) is 0. The fraction of sp³-hybridized carbons (Fsp3) is 0.450. The number of nitrogens with zero attached hydrogens (tertiary/aromatic N) is 3. The summed E-state index contributed by atoms with van der Waals surface area (Å²) in [4.78, 5) is 16.8. The molecular weight excluding hydrogens is 413 g/mol. The first-order valence-corrected chi connectivity index (χ1v) is 12.1. The number of anilines is 1. The Morgan fingerprint density at radius 1 is 0.966 bits per heavy atom. The molecule has 2 aliphatic heterocycles. The third-order valence-corrected chi connectivity index (χ3v) is 8.90. The van der Waals surface area contributed by atoms with Gasteiger partial charge >= 0.3 is 0 Å². The molecule has 0 bridgehead atoms. The van der Waals surface area contributed by atoms with Crippen LogP contribution < -0.4 is 4.90 Å². The number of thiophene rings is 1. The van der Waals surface area contributed by atoms with E-state index in [0.717, 1.165) is 30.8 Å². The molecule has 0 radical (unpaired) electrons. The van der Waals surface area contributed by atoms with Crippen LogP contribution in [0.2, 0.25) is 0 Å². The summed E-state index contributed by atoms with van der Waals surface area (Å²) in [6.07, 6.45) is 2.32. The number of sulfonamides is 1. The molecule has 1 amide bonds. The molecule has 0 aliphatic carbocycles. The van der Waals surface area contributed by atoms with Crippen molar-refractivity contribution in [1.82, 2.24) is 9.21 Å². The van der Waals surface area contributed by atoms with Crippen LogP contribution in [0.5, 0.6) is 0 Å². The smallest absolute Gasteiger partial charge is 0.252 e. The number of benzene rings is 1. The summed E-state index contributed by atoms with van der Waals surface area (Å²) < 4.78 is 41.7. The zero-order chi connectivity index (χ0) is 20.4. The van der Waals surface area contributed by atoms with E-state index in [0.29, 0.717) is 31.9 Å². The van der Waals surface area contributed by atoms with Gasteiger partial charge in [0, 0.05) is 44.1 Å². The first-order chi connectivity index (χ1) is 13.9. The number of para-hydroxylation sites is 1. The van der Waals surface area contributed by atoms with Crippen molar-refractivity contribution in [1.29, 1.82) is 0 Å². The van der Waals surface area contributed by atoms with E-state index in [9.17, 15) is 17.6 Å². The van der Waals surface area contributed by atoms with Gasteiger partial charge < -0.3 is 9.80 Å². The molecule has 9 heteroatoms. The number of piperazine rings is 1. The Bertz CT molecular complexity index is 978. The number of hydrogen-bond acceptors (Lipinski definition) is 5. The summed E-state index contributed by atoms with van der Waals surface area (Å²) >= 11 is 1.17. The van der Waals surface area contributed by atoms with Gasteiger partial charge in [0.15, 0.2) is 0 Å². The Labute approximate surface area is 174 Å². The van der Waals surface area contributed by atoms with Gasteiger partial charge in [-0.1, -0.05) is 12.1 Å². The van der Waals surface area contributed by atoms with E-state index in [-0.39, 0.29) is 22.4 Å². The number of hydrogen-bond donors (Lipinski definition) is 0. The van der Waals surface area contributed by atoms with Crippen LogP contribution in [0.3, 0.4) is 0 Å². The molecule has 29 heavy (non-hydrogen) atoms. The number of carbonyl (C=O) groups excluding carboxylic acids is 1. The second kappa shape index (κ2) is 8.41. The van der Waals surface area contributed by atoms with Gasteiger partial charge in [0.1, 0.15) is 10.0 Å². The zero-order valence-electron chi connectivity index (χ0n) is 16.1. The third-order valence-electron chi connectivity index (χ3n) is 5.45. The topological polar surface area (TPSA) is 60.9 Å². The second-order valence-corrected chi connectivity index (χ2v) is 10.7. The molecule has 2 aromatic rings. The number of amides is 1. The van der Waals surface area contributed by atoms with Gasteiger partial charge in [-0.3, -0.25) is 4.79 Å². The normalized spacial score (nSPS) is 18.4. The minimum atomic E-state index is -3.61. The van der Waals surface area contributed by atoms with Gasteiger partial charge in [-0.2, -0.15) is 4.31 Å². The molecule has 2 aliphatic rings. The van der Waals surface area contributed by atoms with Crippen molar-refractivity contribution in [2.75, 3.05) is 44.2 Å². The highest BCUT2D eigenvalue weighted by Crippen LogP contribution is 2.28. The monoisotopic (exact) mass is 437 g/mol. The molecule has 2 fully saturated rings. The maximum atomic E-state index is 14.0. The lowest BCUT2D eigenvalue weighted by atomic mass is 10.2. The highest BCUT2D eigenvalue weighted by molar-refractivity contribution is 7.91. The lowest BCUT2D eigenvalue weighted by molar-refractivity contribution is -0.129. The average molecular weight is 438 g/mol. The molecule has 0 atom stereocenters. The van der Waals surface area contributed by atoms with Gasteiger partial charge in [0.25, 0.3) is 10.0 Å². The van der Waals surface area contributed by atoms with E-state index < -0.39 is 10.0 Å². The fourth-order valence-corrected chi connectivity index (χ4v) is 6.75. The van der Waals surface area contributed by atoms with Crippen LogP contribution in [-0.2, 0) is 21.2 Å². The van der Waals surface area contributed by atoms with E-state index in [4.69, 9.17) is 0 Å². The number of halogens is 1. The molecule has 2 saturated heterocycles. The highest BCUT2D eigenvalue weighted by atomic mass is 32.2. The summed E-state index contributed by atoms with van der Waals surface area (Å²) in [6, 6.07) is 9.87. The van der Waals surface area contributed by atoms with Crippen LogP contribution in [0.15, 0.2) is 40.6 Å². The first kappa shape index (κ1) is 20.3. The quantitative estimate of drug-likeness (QED) is 0.721. The first-order valence-electron chi connectivity index (χ1n) is 9.81. The molecule has 0 spiro atoms. The van der Waals surface area contributed by atoms with E-state index in [1.54, 1.807) is 30.3 Å². The van der Waals surface area contributed by atoms with Crippen molar-refractivity contribution in [2.24, 2.45) is 0 Å². The highest BCUT2D eigenvalue weighted by Gasteiger charge is 2.30. The van der Waals surface area contributed by atoms with Crippen LogP contribution in [0.25, 0.3) is 0 Å². The van der Waals surface area contributed by atoms with Crippen LogP contribution in [0, 0.1) is 5.82 Å². The van der Waals surface area contributed by atoms with Crippen molar-refractivity contribution >= 4 is 33.0 Å². The Morgan fingerprint density at radius 2 is 1.66 bits per heavy atom. The number of carbonyl (C=O) groups is 1. The molecule has 0 unspecified atom stereocenters. The molecule has 3 heterocycles. The van der Waals surface area contributed by atoms with Crippen LogP contribution in [-0.4, -0.2) is 62.8 Å². The fourth-order valence-electron chi connectivity index (χ4n) is 3.82. The van der Waals surface area contributed by atoms with Crippen molar-refractivity contribution < 1.29 is 17.6 Å². The molecule has 4 rings (SSSR count). The maximum Gasteiger partial charge on any atom is 0.252 e. The second-order valence-electron chi connectivity index (χ2n) is 7.33. The Morgan fingerprint density at radius 3 is 2.34 bits per heavy atom. The van der Waals surface area contributed by atoms with Crippen LogP contribution in [0.1, 0.15) is 17.7 Å². The predicted octanol–water partition coefficient (Wildman–Crippen LogP) is 2.56. The van der Waals surface area contributed by atoms with E-state index in [2.05, 4.69) is 0 Å². The van der Waals surface area contributed by atoms with Gasteiger partial charge in [0.05, 0.1) is 12.1 Å². The summed E-state index contributed by atoms with van der Waals surface area (Å²) in [6.45, 7) is 3.06. The van der Waals surface area contributed by atoms with E-state index >= 15 is 0 Å². The number of rotatable bonds is 5. The maximum absolute atomic E-state index is 14.0. The van der Waals surface area contributed by atoms with Crippen molar-refractivity contribution in [3.05, 3.63) is 47.1 Å². The minimum absolute atomic E-state index is 0.0619. The molecular formula is C20H24FN3O3S2. The lowest BCUT2D eigenvalue weighted by Crippen LogP contribution is -2.48. The minimum Gasteiger partial charge on any atom is -0.367 e. The van der Waals surface area contributed by atoms with Gasteiger partial charge in [-0.05, 0) is 37.1 Å². The summed E-state index contributed by atoms with van der Waals surface area (Å²) in [5.41, 5.74) is 0.503. The molecule has 156 valence electrons. The Hall–Kier alpha value is -1.97. The predicted molar refractivity (Wildman–Crippen MR) is 111 cm³/mol. The standard InChI is InChI=1S/C20H24FN3O3S2/c21-17-5-1-2-6-18(17)22-11-13-24(14-12-22)29(26,27)20-8-7-16(28-20)15-19(25)23-9-3-4-10-23/h1-2,5-8H,3-4,9-15H2. The van der Waals surface area contributed by atoms with Crippen molar-refractivity contribution in [3.8, 4) is 0 Å². The van der Waals surface area contributed by atoms with Crippen LogP contribution in [0.4, 0.5) is 10.1 Å². The van der Waals surface area contributed by atoms with Crippen LogP contribution >= 0.6 is 11.3 Å². The summed E-state index contributed by atoms with van der Waals surface area (Å²) in [7, 11) is -3.61. The molecule has 1 aromatic carbocycles. The van der Waals surface area contributed by atoms with Crippen molar-refractivity contribution in [3.63, 3.8) is 0 Å². The zero-order valence-corrected chi connectivity index (χ0v) is 17.7. The van der Waals surface area contributed by atoms with E-state index in [1.807, 2.05) is 9.80 Å². The summed E-state index contributed by atoms with van der Waals surface area (Å²) in [5.74, 6) is -0.235. The van der Waals surface area contributed by atoms with Gasteiger partial charge in [-0.25, -0.2) is 12.8 Å². The Balaban J connectivity index is 1.40. The molecule has 0 N–H and O–H groups in total. The molecule has 6 nitrogen and oxygen atoms in total.